The molecule has 7 heteroatoms. The summed E-state index contributed by atoms with van der Waals surface area (Å²) in [5.41, 5.74) is 5.06. The van der Waals surface area contributed by atoms with Crippen molar-refractivity contribution < 1.29 is 19.1 Å². The van der Waals surface area contributed by atoms with Gasteiger partial charge in [0.1, 0.15) is 6.61 Å². The van der Waals surface area contributed by atoms with Crippen molar-refractivity contribution in [1.82, 2.24) is 10.6 Å². The largest absolute Gasteiger partial charge is 0.445 e. The van der Waals surface area contributed by atoms with Gasteiger partial charge in [-0.3, -0.25) is 14.9 Å². The van der Waals surface area contributed by atoms with E-state index in [2.05, 4.69) is 16.7 Å². The van der Waals surface area contributed by atoms with Crippen LogP contribution >= 0.6 is 11.8 Å². The zero-order chi connectivity index (χ0) is 19.4. The first-order valence-corrected chi connectivity index (χ1v) is 9.39. The lowest BCUT2D eigenvalue weighted by Crippen LogP contribution is -2.25. The van der Waals surface area contributed by atoms with E-state index in [1.54, 1.807) is 0 Å². The summed E-state index contributed by atoms with van der Waals surface area (Å²) >= 11 is 1.04. The molecule has 1 saturated heterocycles. The molecule has 2 N–H and O–H groups in total. The molecule has 0 bridgehead atoms. The number of alkyl carbamates (subject to hydrolysis) is 1. The third-order valence-corrected chi connectivity index (χ3v) is 5.33. The fraction of sp³-hybridized carbons (Fsp3) is 0.250. The van der Waals surface area contributed by atoms with Gasteiger partial charge in [-0.15, -0.1) is 0 Å². The number of aryl methyl sites for hydroxylation is 1. The van der Waals surface area contributed by atoms with E-state index in [1.165, 1.54) is 7.05 Å². The summed E-state index contributed by atoms with van der Waals surface area (Å²) in [6.45, 7) is 2.20. The Morgan fingerprint density at radius 2 is 1.96 bits per heavy atom. The number of benzene rings is 2. The van der Waals surface area contributed by atoms with Gasteiger partial charge in [0, 0.05) is 7.05 Å². The fourth-order valence-electron chi connectivity index (χ4n) is 2.89. The average Bonchev–Trinajstić information content (AvgIpc) is 2.98. The molecule has 1 heterocycles. The smallest absolute Gasteiger partial charge is 0.407 e. The molecule has 0 aliphatic carbocycles. The van der Waals surface area contributed by atoms with Crippen LogP contribution in [0, 0.1) is 6.92 Å². The summed E-state index contributed by atoms with van der Waals surface area (Å²) in [6, 6.07) is 13.9. The summed E-state index contributed by atoms with van der Waals surface area (Å²) in [5, 5.41) is 4.09. The van der Waals surface area contributed by atoms with Crippen LogP contribution in [0.25, 0.3) is 11.1 Å². The highest BCUT2D eigenvalue weighted by Gasteiger charge is 2.31. The molecule has 1 aliphatic heterocycles. The maximum absolute atomic E-state index is 11.8. The minimum Gasteiger partial charge on any atom is -0.445 e. The lowest BCUT2D eigenvalue weighted by Gasteiger charge is -2.12. The predicted molar refractivity (Wildman–Crippen MR) is 104 cm³/mol. The molecule has 1 fully saturated rings. The van der Waals surface area contributed by atoms with Crippen molar-refractivity contribution >= 4 is 29.0 Å². The zero-order valence-corrected chi connectivity index (χ0v) is 15.9. The van der Waals surface area contributed by atoms with Crippen molar-refractivity contribution in [1.29, 1.82) is 0 Å². The van der Waals surface area contributed by atoms with Crippen LogP contribution in [-0.4, -0.2) is 29.5 Å². The van der Waals surface area contributed by atoms with E-state index < -0.39 is 6.09 Å². The molecule has 3 rings (SSSR count). The molecule has 6 nitrogen and oxygen atoms in total. The average molecular weight is 384 g/mol. The minimum atomic E-state index is -0.465. The zero-order valence-electron chi connectivity index (χ0n) is 15.1. The van der Waals surface area contributed by atoms with Crippen LogP contribution in [0.3, 0.4) is 0 Å². The van der Waals surface area contributed by atoms with Crippen LogP contribution in [0.2, 0.25) is 0 Å². The maximum Gasteiger partial charge on any atom is 0.407 e. The van der Waals surface area contributed by atoms with Crippen LogP contribution in [0.4, 0.5) is 9.59 Å². The highest BCUT2D eigenvalue weighted by Crippen LogP contribution is 2.27. The Labute approximate surface area is 161 Å². The Bertz CT molecular complexity index is 897. The number of ether oxygens (including phenoxy) is 1. The van der Waals surface area contributed by atoms with Gasteiger partial charge in [0.2, 0.25) is 5.91 Å². The Balaban J connectivity index is 1.74. The van der Waals surface area contributed by atoms with E-state index >= 15 is 0 Å². The number of thioether (sulfide) groups is 1. The monoisotopic (exact) mass is 384 g/mol. The molecular weight excluding hydrogens is 364 g/mol. The summed E-state index contributed by atoms with van der Waals surface area (Å²) in [5.74, 6) is -0.225. The Morgan fingerprint density at radius 3 is 2.63 bits per heavy atom. The van der Waals surface area contributed by atoms with Gasteiger partial charge in [-0.05, 0) is 47.2 Å². The van der Waals surface area contributed by atoms with Crippen molar-refractivity contribution in [2.24, 2.45) is 0 Å². The SMILES string of the molecule is CNC(=O)OCc1cccc(-c2ccc(CC3SC(=O)NC3=O)c(C)c2)c1. The number of amides is 3. The van der Waals surface area contributed by atoms with Crippen molar-refractivity contribution in [3.63, 3.8) is 0 Å². The number of imide groups is 1. The van der Waals surface area contributed by atoms with E-state index in [1.807, 2.05) is 43.3 Å². The molecule has 0 spiro atoms. The minimum absolute atomic E-state index is 0.201. The molecular formula is C20H20N2O4S. The van der Waals surface area contributed by atoms with Gasteiger partial charge in [0.15, 0.2) is 0 Å². The van der Waals surface area contributed by atoms with Crippen molar-refractivity contribution in [2.45, 2.75) is 25.2 Å². The standard InChI is InChI=1S/C20H20N2O4S/c1-12-8-16(7-6-14(12)10-17-18(23)22-20(25)27-17)15-5-3-4-13(9-15)11-26-19(24)21-2/h3-9,17H,10-11H2,1-2H3,(H,21,24)(H,22,23,25). The molecule has 2 aromatic rings. The number of carbonyl (C=O) groups excluding carboxylic acids is 3. The van der Waals surface area contributed by atoms with Crippen LogP contribution < -0.4 is 10.6 Å². The number of carbonyl (C=O) groups is 3. The van der Waals surface area contributed by atoms with Crippen LogP contribution in [0.1, 0.15) is 16.7 Å². The van der Waals surface area contributed by atoms with Crippen molar-refractivity contribution in [3.8, 4) is 11.1 Å². The molecule has 1 atom stereocenters. The predicted octanol–water partition coefficient (Wildman–Crippen LogP) is 3.41. The molecule has 0 aromatic heterocycles. The van der Waals surface area contributed by atoms with Gasteiger partial charge >= 0.3 is 6.09 Å². The van der Waals surface area contributed by atoms with Gasteiger partial charge in [-0.1, -0.05) is 48.2 Å². The van der Waals surface area contributed by atoms with Crippen LogP contribution in [-0.2, 0) is 22.6 Å². The number of hydrogen-bond donors (Lipinski definition) is 2. The summed E-state index contributed by atoms with van der Waals surface area (Å²) in [7, 11) is 1.52. The number of nitrogens with one attached hydrogen (secondary N) is 2. The van der Waals surface area contributed by atoms with Crippen molar-refractivity contribution in [3.05, 3.63) is 59.2 Å². The van der Waals surface area contributed by atoms with E-state index in [-0.39, 0.29) is 23.0 Å². The van der Waals surface area contributed by atoms with E-state index in [9.17, 15) is 14.4 Å². The van der Waals surface area contributed by atoms with Gasteiger partial charge in [-0.2, -0.15) is 0 Å². The second-order valence-corrected chi connectivity index (χ2v) is 7.43. The normalized spacial score (nSPS) is 16.1. The van der Waals surface area contributed by atoms with Crippen molar-refractivity contribution in [2.75, 3.05) is 7.05 Å². The number of hydrogen-bond acceptors (Lipinski definition) is 5. The van der Waals surface area contributed by atoms with Crippen LogP contribution in [0.15, 0.2) is 42.5 Å². The lowest BCUT2D eigenvalue weighted by atomic mass is 9.96. The Kier molecular flexibility index (Phi) is 5.81. The number of rotatable bonds is 5. The molecule has 0 radical (unpaired) electrons. The van der Waals surface area contributed by atoms with E-state index in [0.29, 0.717) is 6.42 Å². The highest BCUT2D eigenvalue weighted by molar-refractivity contribution is 8.15. The molecule has 27 heavy (non-hydrogen) atoms. The Hall–Kier alpha value is -2.80. The molecule has 2 aromatic carbocycles. The molecule has 3 amide bonds. The second kappa shape index (κ2) is 8.26. The van der Waals surface area contributed by atoms with E-state index in [0.717, 1.165) is 39.6 Å². The second-order valence-electron chi connectivity index (χ2n) is 6.26. The van der Waals surface area contributed by atoms with Gasteiger partial charge in [0.25, 0.3) is 5.24 Å². The van der Waals surface area contributed by atoms with Gasteiger partial charge in [-0.25, -0.2) is 4.79 Å². The first-order chi connectivity index (χ1) is 13.0. The van der Waals surface area contributed by atoms with E-state index in [4.69, 9.17) is 4.74 Å². The van der Waals surface area contributed by atoms with Gasteiger partial charge < -0.3 is 10.1 Å². The topological polar surface area (TPSA) is 84.5 Å². The summed E-state index contributed by atoms with van der Waals surface area (Å²) < 4.78 is 5.09. The summed E-state index contributed by atoms with van der Waals surface area (Å²) in [6.07, 6.45) is 0.0573. The highest BCUT2D eigenvalue weighted by atomic mass is 32.2. The van der Waals surface area contributed by atoms with Gasteiger partial charge in [0.05, 0.1) is 5.25 Å². The first kappa shape index (κ1) is 19.0. The third kappa shape index (κ3) is 4.68. The van der Waals surface area contributed by atoms with Crippen LogP contribution in [0.5, 0.6) is 0 Å². The molecule has 0 saturated carbocycles. The summed E-state index contributed by atoms with van der Waals surface area (Å²) in [4.78, 5) is 34.3. The third-order valence-electron chi connectivity index (χ3n) is 4.35. The Morgan fingerprint density at radius 1 is 1.19 bits per heavy atom. The molecule has 1 unspecified atom stereocenters. The maximum atomic E-state index is 11.8. The lowest BCUT2D eigenvalue weighted by molar-refractivity contribution is -0.118. The fourth-order valence-corrected chi connectivity index (χ4v) is 3.74. The molecule has 1 aliphatic rings. The first-order valence-electron chi connectivity index (χ1n) is 8.51. The molecule has 140 valence electrons. The quantitative estimate of drug-likeness (QED) is 0.825.